The van der Waals surface area contributed by atoms with Crippen LogP contribution in [0.5, 0.6) is 0 Å². The summed E-state index contributed by atoms with van der Waals surface area (Å²) in [6, 6.07) is 2.81. The Bertz CT molecular complexity index is 725. The molecule has 1 unspecified atom stereocenters. The third-order valence-electron chi connectivity index (χ3n) is 3.68. The van der Waals surface area contributed by atoms with E-state index >= 15 is 0 Å². The van der Waals surface area contributed by atoms with Crippen LogP contribution in [0.15, 0.2) is 30.7 Å². The van der Waals surface area contributed by atoms with Gasteiger partial charge in [-0.1, -0.05) is 0 Å². The van der Waals surface area contributed by atoms with Gasteiger partial charge in [-0.25, -0.2) is 9.78 Å². The molecule has 1 fully saturated rings. The van der Waals surface area contributed by atoms with Crippen molar-refractivity contribution in [2.75, 3.05) is 19.7 Å². The molecule has 1 aliphatic heterocycles. The van der Waals surface area contributed by atoms with E-state index in [4.69, 9.17) is 9.84 Å². The summed E-state index contributed by atoms with van der Waals surface area (Å²) in [4.78, 5) is 28.8. The number of hydrogen-bond acceptors (Lipinski definition) is 5. The summed E-state index contributed by atoms with van der Waals surface area (Å²) in [5.74, 6) is -1.31. The van der Waals surface area contributed by atoms with E-state index in [1.807, 2.05) is 13.2 Å². The standard InChI is InChI=1S/C15H16N4O4/c1-18-8-11(7-17-18)13-9-19(4-5-23-13)14(20)10-2-3-12(15(21)22)16-6-10/h2-3,6-8,13H,4-5,9H2,1H3,(H,21,22). The molecule has 1 atom stereocenters. The summed E-state index contributed by atoms with van der Waals surface area (Å²) < 4.78 is 7.39. The van der Waals surface area contributed by atoms with Crippen LogP contribution in [0.25, 0.3) is 0 Å². The van der Waals surface area contributed by atoms with Gasteiger partial charge in [0.2, 0.25) is 0 Å². The third kappa shape index (κ3) is 3.21. The molecule has 3 heterocycles. The molecule has 120 valence electrons. The minimum absolute atomic E-state index is 0.0863. The molecule has 0 spiro atoms. The van der Waals surface area contributed by atoms with Gasteiger partial charge in [0.25, 0.3) is 5.91 Å². The topological polar surface area (TPSA) is 97.6 Å². The largest absolute Gasteiger partial charge is 0.477 e. The van der Waals surface area contributed by atoms with Crippen LogP contribution in [0.1, 0.15) is 32.5 Å². The van der Waals surface area contributed by atoms with Crippen molar-refractivity contribution in [2.45, 2.75) is 6.10 Å². The number of hydrogen-bond donors (Lipinski definition) is 1. The molecule has 8 heteroatoms. The molecule has 2 aromatic heterocycles. The number of morpholine rings is 1. The zero-order chi connectivity index (χ0) is 16.4. The number of carbonyl (C=O) groups is 2. The second-order valence-corrected chi connectivity index (χ2v) is 5.30. The first-order chi connectivity index (χ1) is 11.0. The predicted octanol–water partition coefficient (Wildman–Crippen LogP) is 0.727. The van der Waals surface area contributed by atoms with E-state index in [0.717, 1.165) is 5.56 Å². The Morgan fingerprint density at radius 3 is 2.78 bits per heavy atom. The molecule has 2 aromatic rings. The van der Waals surface area contributed by atoms with Crippen LogP contribution in [-0.4, -0.2) is 56.3 Å². The fraction of sp³-hybridized carbons (Fsp3) is 0.333. The first kappa shape index (κ1) is 15.2. The maximum absolute atomic E-state index is 12.5. The van der Waals surface area contributed by atoms with Crippen molar-refractivity contribution in [3.05, 3.63) is 47.5 Å². The number of aromatic carboxylic acids is 1. The number of rotatable bonds is 3. The summed E-state index contributed by atoms with van der Waals surface area (Å²) in [6.07, 6.45) is 4.66. The number of pyridine rings is 1. The SMILES string of the molecule is Cn1cc(C2CN(C(=O)c3ccc(C(=O)O)nc3)CCO2)cn1. The van der Waals surface area contributed by atoms with Crippen LogP contribution < -0.4 is 0 Å². The lowest BCUT2D eigenvalue weighted by Gasteiger charge is -2.32. The number of amides is 1. The molecule has 0 radical (unpaired) electrons. The van der Waals surface area contributed by atoms with Crippen LogP contribution in [0.3, 0.4) is 0 Å². The van der Waals surface area contributed by atoms with Crippen LogP contribution in [0, 0.1) is 0 Å². The molecule has 1 aliphatic rings. The van der Waals surface area contributed by atoms with Gasteiger partial charge >= 0.3 is 5.97 Å². The average molecular weight is 316 g/mol. The maximum atomic E-state index is 12.5. The van der Waals surface area contributed by atoms with E-state index in [1.165, 1.54) is 18.3 Å². The molecule has 1 N–H and O–H groups in total. The minimum atomic E-state index is -1.12. The quantitative estimate of drug-likeness (QED) is 0.896. The molecule has 1 saturated heterocycles. The van der Waals surface area contributed by atoms with Crippen LogP contribution >= 0.6 is 0 Å². The van der Waals surface area contributed by atoms with Gasteiger partial charge in [0.15, 0.2) is 0 Å². The average Bonchev–Trinajstić information content (AvgIpc) is 3.01. The van der Waals surface area contributed by atoms with Gasteiger partial charge in [0.05, 0.1) is 24.9 Å². The molecular formula is C15H16N4O4. The van der Waals surface area contributed by atoms with Gasteiger partial charge in [-0.05, 0) is 12.1 Å². The molecule has 23 heavy (non-hydrogen) atoms. The number of ether oxygens (including phenoxy) is 1. The highest BCUT2D eigenvalue weighted by molar-refractivity contribution is 5.95. The monoisotopic (exact) mass is 316 g/mol. The van der Waals surface area contributed by atoms with Gasteiger partial charge in [0, 0.05) is 31.5 Å². The van der Waals surface area contributed by atoms with E-state index in [-0.39, 0.29) is 17.7 Å². The molecule has 3 rings (SSSR count). The van der Waals surface area contributed by atoms with Crippen molar-refractivity contribution in [1.82, 2.24) is 19.7 Å². The Hall–Kier alpha value is -2.74. The summed E-state index contributed by atoms with van der Waals surface area (Å²) in [5, 5.41) is 13.0. The maximum Gasteiger partial charge on any atom is 0.354 e. The predicted molar refractivity (Wildman–Crippen MR) is 79.0 cm³/mol. The number of carbonyl (C=O) groups excluding carboxylic acids is 1. The molecular weight excluding hydrogens is 300 g/mol. The van der Waals surface area contributed by atoms with Crippen molar-refractivity contribution < 1.29 is 19.4 Å². The molecule has 0 aromatic carbocycles. The van der Waals surface area contributed by atoms with Crippen molar-refractivity contribution in [3.63, 3.8) is 0 Å². The Morgan fingerprint density at radius 1 is 1.35 bits per heavy atom. The first-order valence-electron chi connectivity index (χ1n) is 7.13. The van der Waals surface area contributed by atoms with E-state index in [9.17, 15) is 9.59 Å². The van der Waals surface area contributed by atoms with Gasteiger partial charge < -0.3 is 14.7 Å². The second-order valence-electron chi connectivity index (χ2n) is 5.30. The number of aryl methyl sites for hydroxylation is 1. The number of aromatic nitrogens is 3. The normalized spacial score (nSPS) is 18.0. The molecule has 0 bridgehead atoms. The summed E-state index contributed by atoms with van der Waals surface area (Å²) in [7, 11) is 1.82. The van der Waals surface area contributed by atoms with Crippen molar-refractivity contribution >= 4 is 11.9 Å². The smallest absolute Gasteiger partial charge is 0.354 e. The van der Waals surface area contributed by atoms with Gasteiger partial charge in [0.1, 0.15) is 11.8 Å². The summed E-state index contributed by atoms with van der Waals surface area (Å²) in [5.41, 5.74) is 1.20. The van der Waals surface area contributed by atoms with E-state index in [2.05, 4.69) is 10.1 Å². The Morgan fingerprint density at radius 2 is 2.17 bits per heavy atom. The van der Waals surface area contributed by atoms with Crippen LogP contribution in [0.2, 0.25) is 0 Å². The fourth-order valence-corrected chi connectivity index (χ4v) is 2.47. The Labute approximate surface area is 132 Å². The number of nitrogens with zero attached hydrogens (tertiary/aromatic N) is 4. The first-order valence-corrected chi connectivity index (χ1v) is 7.13. The van der Waals surface area contributed by atoms with Crippen molar-refractivity contribution in [2.24, 2.45) is 7.05 Å². The summed E-state index contributed by atoms with van der Waals surface area (Å²) >= 11 is 0. The lowest BCUT2D eigenvalue weighted by Crippen LogP contribution is -2.42. The van der Waals surface area contributed by atoms with Crippen LogP contribution in [-0.2, 0) is 11.8 Å². The zero-order valence-electron chi connectivity index (χ0n) is 12.5. The molecule has 0 aliphatic carbocycles. The lowest BCUT2D eigenvalue weighted by molar-refractivity contribution is -0.0228. The highest BCUT2D eigenvalue weighted by Crippen LogP contribution is 2.22. The highest BCUT2D eigenvalue weighted by Gasteiger charge is 2.27. The van der Waals surface area contributed by atoms with Gasteiger partial charge in [-0.2, -0.15) is 5.10 Å². The zero-order valence-corrected chi connectivity index (χ0v) is 12.5. The highest BCUT2D eigenvalue weighted by atomic mass is 16.5. The van der Waals surface area contributed by atoms with E-state index < -0.39 is 5.97 Å². The molecule has 0 saturated carbocycles. The number of carboxylic acid groups (broad SMARTS) is 1. The van der Waals surface area contributed by atoms with Gasteiger partial charge in [-0.3, -0.25) is 9.48 Å². The van der Waals surface area contributed by atoms with Crippen molar-refractivity contribution in [3.8, 4) is 0 Å². The second kappa shape index (κ2) is 6.17. The van der Waals surface area contributed by atoms with E-state index in [0.29, 0.717) is 25.3 Å². The Kier molecular flexibility index (Phi) is 4.07. The minimum Gasteiger partial charge on any atom is -0.477 e. The van der Waals surface area contributed by atoms with Crippen LogP contribution in [0.4, 0.5) is 0 Å². The van der Waals surface area contributed by atoms with E-state index in [1.54, 1.807) is 15.8 Å². The number of carboxylic acids is 1. The third-order valence-corrected chi connectivity index (χ3v) is 3.68. The molecule has 1 amide bonds. The Balaban J connectivity index is 1.72. The van der Waals surface area contributed by atoms with Crippen molar-refractivity contribution in [1.29, 1.82) is 0 Å². The summed E-state index contributed by atoms with van der Waals surface area (Å²) in [6.45, 7) is 1.34. The fourth-order valence-electron chi connectivity index (χ4n) is 2.47. The lowest BCUT2D eigenvalue weighted by atomic mass is 10.1. The molecule has 8 nitrogen and oxygen atoms in total. The van der Waals surface area contributed by atoms with Gasteiger partial charge in [-0.15, -0.1) is 0 Å².